The van der Waals surface area contributed by atoms with Crippen LogP contribution in [0.25, 0.3) is 0 Å². The van der Waals surface area contributed by atoms with E-state index >= 15 is 0 Å². The second-order valence-electron chi connectivity index (χ2n) is 6.62. The molecule has 0 bridgehead atoms. The minimum absolute atomic E-state index is 0.482. The Hall–Kier alpha value is -2.08. The molecule has 3 rings (SSSR count). The molecule has 6 heteroatoms. The molecular weight excluding hydrogens is 342 g/mol. The van der Waals surface area contributed by atoms with Crippen molar-refractivity contribution in [3.8, 4) is 0 Å². The molecule has 0 spiro atoms. The van der Waals surface area contributed by atoms with Gasteiger partial charge in [0.1, 0.15) is 0 Å². The predicted octanol–water partition coefficient (Wildman–Crippen LogP) is 3.84. The summed E-state index contributed by atoms with van der Waals surface area (Å²) in [6.07, 6.45) is 5.33. The monoisotopic (exact) mass is 371 g/mol. The highest BCUT2D eigenvalue weighted by molar-refractivity contribution is 7.13. The van der Waals surface area contributed by atoms with E-state index in [0.29, 0.717) is 12.5 Å². The molecule has 1 saturated heterocycles. The van der Waals surface area contributed by atoms with Crippen LogP contribution in [0.3, 0.4) is 0 Å². The maximum Gasteiger partial charge on any atom is 0.193 e. The normalized spacial score (nSPS) is 14.8. The SMILES string of the molecule is CCc1cccc(CC)c1NC(N)=NCCc1csc(N2CCCC2)n1. The van der Waals surface area contributed by atoms with Gasteiger partial charge in [-0.15, -0.1) is 11.3 Å². The lowest BCUT2D eigenvalue weighted by molar-refractivity contribution is 0.906. The summed E-state index contributed by atoms with van der Waals surface area (Å²) in [4.78, 5) is 11.6. The van der Waals surface area contributed by atoms with Gasteiger partial charge in [0.05, 0.1) is 5.69 Å². The number of anilines is 2. The molecule has 2 heterocycles. The van der Waals surface area contributed by atoms with E-state index in [1.807, 2.05) is 0 Å². The quantitative estimate of drug-likeness (QED) is 0.573. The van der Waals surface area contributed by atoms with E-state index in [1.165, 1.54) is 24.0 Å². The van der Waals surface area contributed by atoms with Crippen molar-refractivity contribution in [2.75, 3.05) is 29.9 Å². The van der Waals surface area contributed by atoms with Gasteiger partial charge >= 0.3 is 0 Å². The Morgan fingerprint density at radius 1 is 1.23 bits per heavy atom. The Labute approximate surface area is 160 Å². The third-order valence-corrected chi connectivity index (χ3v) is 5.77. The van der Waals surface area contributed by atoms with E-state index in [0.717, 1.165) is 48.9 Å². The summed E-state index contributed by atoms with van der Waals surface area (Å²) < 4.78 is 0. The summed E-state index contributed by atoms with van der Waals surface area (Å²) in [6, 6.07) is 6.39. The van der Waals surface area contributed by atoms with Crippen molar-refractivity contribution in [1.29, 1.82) is 0 Å². The number of guanidine groups is 1. The van der Waals surface area contributed by atoms with Gasteiger partial charge in [-0.3, -0.25) is 4.99 Å². The Morgan fingerprint density at radius 2 is 1.92 bits per heavy atom. The van der Waals surface area contributed by atoms with Crippen LogP contribution < -0.4 is 16.0 Å². The lowest BCUT2D eigenvalue weighted by atomic mass is 10.0. The van der Waals surface area contributed by atoms with Gasteiger partial charge in [-0.2, -0.15) is 0 Å². The lowest BCUT2D eigenvalue weighted by Crippen LogP contribution is -2.24. The first-order valence-corrected chi connectivity index (χ1v) is 10.5. The van der Waals surface area contributed by atoms with Crippen LogP contribution in [0.1, 0.15) is 43.5 Å². The molecule has 140 valence electrons. The number of nitrogens with two attached hydrogens (primary N) is 1. The molecule has 0 radical (unpaired) electrons. The molecule has 1 aromatic heterocycles. The molecule has 1 aliphatic heterocycles. The van der Waals surface area contributed by atoms with Crippen molar-refractivity contribution < 1.29 is 0 Å². The van der Waals surface area contributed by atoms with Crippen LogP contribution in [0.5, 0.6) is 0 Å². The smallest absolute Gasteiger partial charge is 0.193 e. The zero-order valence-corrected chi connectivity index (χ0v) is 16.6. The van der Waals surface area contributed by atoms with E-state index in [1.54, 1.807) is 11.3 Å². The minimum atomic E-state index is 0.482. The zero-order chi connectivity index (χ0) is 18.4. The van der Waals surface area contributed by atoms with Crippen molar-refractivity contribution in [2.24, 2.45) is 10.7 Å². The summed E-state index contributed by atoms with van der Waals surface area (Å²) in [6.45, 7) is 7.25. The Morgan fingerprint density at radius 3 is 2.58 bits per heavy atom. The van der Waals surface area contributed by atoms with Gasteiger partial charge in [0.2, 0.25) is 0 Å². The summed E-state index contributed by atoms with van der Waals surface area (Å²) in [5.74, 6) is 0.482. The van der Waals surface area contributed by atoms with E-state index in [9.17, 15) is 0 Å². The number of nitrogens with zero attached hydrogens (tertiary/aromatic N) is 3. The number of hydrogen-bond acceptors (Lipinski definition) is 4. The molecule has 0 amide bonds. The van der Waals surface area contributed by atoms with Crippen LogP contribution in [-0.4, -0.2) is 30.6 Å². The molecule has 0 atom stereocenters. The standard InChI is InChI=1S/C20H29N5S/c1-3-15-8-7-9-16(4-2)18(15)24-19(21)22-11-10-17-14-26-20(23-17)25-12-5-6-13-25/h7-9,14H,3-6,10-13H2,1-2H3,(H3,21,22,24). The summed E-state index contributed by atoms with van der Waals surface area (Å²) in [5, 5.41) is 6.62. The first kappa shape index (κ1) is 18.7. The van der Waals surface area contributed by atoms with E-state index in [2.05, 4.69) is 52.6 Å². The summed E-state index contributed by atoms with van der Waals surface area (Å²) >= 11 is 1.74. The summed E-state index contributed by atoms with van der Waals surface area (Å²) in [5.41, 5.74) is 10.9. The number of benzene rings is 1. The van der Waals surface area contributed by atoms with Crippen molar-refractivity contribution in [3.63, 3.8) is 0 Å². The predicted molar refractivity (Wildman–Crippen MR) is 113 cm³/mol. The molecule has 1 fully saturated rings. The fourth-order valence-electron chi connectivity index (χ4n) is 3.33. The van der Waals surface area contributed by atoms with Crippen LogP contribution in [-0.2, 0) is 19.3 Å². The Bertz CT molecular complexity index is 724. The number of nitrogens with one attached hydrogen (secondary N) is 1. The fourth-order valence-corrected chi connectivity index (χ4v) is 4.24. The van der Waals surface area contributed by atoms with Crippen LogP contribution in [0.2, 0.25) is 0 Å². The number of aliphatic imine (C=N–C) groups is 1. The van der Waals surface area contributed by atoms with Gasteiger partial charge in [-0.1, -0.05) is 32.0 Å². The number of para-hydroxylation sites is 1. The molecule has 2 aromatic rings. The first-order valence-electron chi connectivity index (χ1n) is 9.58. The number of aromatic nitrogens is 1. The van der Waals surface area contributed by atoms with Crippen LogP contribution in [0.15, 0.2) is 28.6 Å². The van der Waals surface area contributed by atoms with Crippen molar-refractivity contribution in [1.82, 2.24) is 4.98 Å². The zero-order valence-electron chi connectivity index (χ0n) is 15.8. The third-order valence-electron chi connectivity index (χ3n) is 4.82. The number of hydrogen-bond donors (Lipinski definition) is 2. The van der Waals surface area contributed by atoms with Gasteiger partial charge in [0.25, 0.3) is 0 Å². The Balaban J connectivity index is 1.57. The van der Waals surface area contributed by atoms with Gasteiger partial charge in [-0.05, 0) is 36.8 Å². The van der Waals surface area contributed by atoms with Crippen molar-refractivity contribution in [3.05, 3.63) is 40.4 Å². The number of aryl methyl sites for hydroxylation is 2. The van der Waals surface area contributed by atoms with Crippen molar-refractivity contribution >= 4 is 28.1 Å². The third kappa shape index (κ3) is 4.55. The van der Waals surface area contributed by atoms with E-state index < -0.39 is 0 Å². The van der Waals surface area contributed by atoms with Crippen LogP contribution >= 0.6 is 11.3 Å². The largest absolute Gasteiger partial charge is 0.370 e. The molecule has 0 unspecified atom stereocenters. The second kappa shape index (κ2) is 9.03. The van der Waals surface area contributed by atoms with Gasteiger partial charge in [-0.25, -0.2) is 4.98 Å². The molecule has 0 aliphatic carbocycles. The fraction of sp³-hybridized carbons (Fsp3) is 0.500. The van der Waals surface area contributed by atoms with E-state index in [4.69, 9.17) is 10.7 Å². The Kier molecular flexibility index (Phi) is 6.50. The maximum absolute atomic E-state index is 6.13. The molecular formula is C20H29N5S. The minimum Gasteiger partial charge on any atom is -0.370 e. The topological polar surface area (TPSA) is 66.5 Å². The van der Waals surface area contributed by atoms with Gasteiger partial charge < -0.3 is 16.0 Å². The average molecular weight is 372 g/mol. The number of thiazole rings is 1. The highest BCUT2D eigenvalue weighted by atomic mass is 32.1. The first-order chi connectivity index (χ1) is 12.7. The molecule has 0 saturated carbocycles. The molecule has 3 N–H and O–H groups in total. The highest BCUT2D eigenvalue weighted by Gasteiger charge is 2.15. The highest BCUT2D eigenvalue weighted by Crippen LogP contribution is 2.25. The molecule has 26 heavy (non-hydrogen) atoms. The molecule has 5 nitrogen and oxygen atoms in total. The van der Waals surface area contributed by atoms with E-state index in [-0.39, 0.29) is 0 Å². The van der Waals surface area contributed by atoms with Gasteiger partial charge in [0, 0.05) is 37.1 Å². The van der Waals surface area contributed by atoms with Crippen LogP contribution in [0.4, 0.5) is 10.8 Å². The summed E-state index contributed by atoms with van der Waals surface area (Å²) in [7, 11) is 0. The van der Waals surface area contributed by atoms with Gasteiger partial charge in [0.15, 0.2) is 11.1 Å². The number of rotatable bonds is 7. The lowest BCUT2D eigenvalue weighted by Gasteiger charge is -2.14. The second-order valence-corrected chi connectivity index (χ2v) is 7.45. The maximum atomic E-state index is 6.13. The van der Waals surface area contributed by atoms with Crippen LogP contribution in [0, 0.1) is 0 Å². The molecule has 1 aliphatic rings. The average Bonchev–Trinajstić information content (AvgIpc) is 3.33. The van der Waals surface area contributed by atoms with Crippen molar-refractivity contribution in [2.45, 2.75) is 46.0 Å². The molecule has 1 aromatic carbocycles.